The third-order valence-electron chi connectivity index (χ3n) is 2.86. The molecule has 0 saturated heterocycles. The summed E-state index contributed by atoms with van der Waals surface area (Å²) in [6.07, 6.45) is 2.54. The van der Waals surface area contributed by atoms with E-state index in [1.807, 2.05) is 30.3 Å². The predicted molar refractivity (Wildman–Crippen MR) is 87.0 cm³/mol. The second kappa shape index (κ2) is 7.81. The summed E-state index contributed by atoms with van der Waals surface area (Å²) in [5.74, 6) is -0.145. The van der Waals surface area contributed by atoms with Gasteiger partial charge in [0.25, 0.3) is 0 Å². The van der Waals surface area contributed by atoms with Crippen molar-refractivity contribution in [2.24, 2.45) is 5.10 Å². The van der Waals surface area contributed by atoms with E-state index in [9.17, 15) is 4.79 Å². The molecule has 0 bridgehead atoms. The number of rotatable bonds is 5. The van der Waals surface area contributed by atoms with Gasteiger partial charge < -0.3 is 0 Å². The average Bonchev–Trinajstić information content (AvgIpc) is 2.50. The fraction of sp³-hybridized carbons (Fsp3) is 0.125. The number of hydrogen-bond acceptors (Lipinski definition) is 2. The van der Waals surface area contributed by atoms with Crippen LogP contribution < -0.4 is 5.43 Å². The van der Waals surface area contributed by atoms with E-state index in [2.05, 4.69) is 10.5 Å². The first-order chi connectivity index (χ1) is 10.2. The number of halogens is 2. The van der Waals surface area contributed by atoms with Gasteiger partial charge in [-0.1, -0.05) is 65.7 Å². The molecule has 0 aromatic heterocycles. The minimum atomic E-state index is -0.145. The summed E-state index contributed by atoms with van der Waals surface area (Å²) in [5.41, 5.74) is 4.26. The molecule has 0 radical (unpaired) electrons. The number of aryl methyl sites for hydroxylation is 1. The van der Waals surface area contributed by atoms with Crippen molar-refractivity contribution in [3.63, 3.8) is 0 Å². The van der Waals surface area contributed by atoms with E-state index in [-0.39, 0.29) is 5.91 Å². The molecule has 1 N–H and O–H groups in total. The van der Waals surface area contributed by atoms with Gasteiger partial charge in [-0.25, -0.2) is 5.43 Å². The molecule has 0 spiro atoms. The van der Waals surface area contributed by atoms with Gasteiger partial charge in [0, 0.05) is 12.0 Å². The van der Waals surface area contributed by atoms with Crippen molar-refractivity contribution in [2.75, 3.05) is 0 Å². The van der Waals surface area contributed by atoms with E-state index in [0.717, 1.165) is 5.56 Å². The second-order valence-electron chi connectivity index (χ2n) is 4.42. The normalized spacial score (nSPS) is 10.8. The molecule has 3 nitrogen and oxygen atoms in total. The van der Waals surface area contributed by atoms with Crippen molar-refractivity contribution in [1.82, 2.24) is 5.43 Å². The molecular weight excluding hydrogens is 307 g/mol. The standard InChI is InChI=1S/C16H14Cl2N2O/c17-14-8-4-7-13(16(14)18)11-19-20-15(21)10-9-12-5-2-1-3-6-12/h1-8,11H,9-10H2,(H,20,21). The summed E-state index contributed by atoms with van der Waals surface area (Å²) in [4.78, 5) is 11.7. The lowest BCUT2D eigenvalue weighted by Crippen LogP contribution is -2.17. The first kappa shape index (κ1) is 15.5. The highest BCUT2D eigenvalue weighted by Gasteiger charge is 2.03. The Hall–Kier alpha value is -1.84. The molecule has 0 saturated carbocycles. The van der Waals surface area contributed by atoms with Crippen molar-refractivity contribution < 1.29 is 4.79 Å². The van der Waals surface area contributed by atoms with Gasteiger partial charge in [-0.2, -0.15) is 5.10 Å². The van der Waals surface area contributed by atoms with Crippen molar-refractivity contribution >= 4 is 35.3 Å². The number of carbonyl (C=O) groups is 1. The Labute approximate surface area is 133 Å². The minimum Gasteiger partial charge on any atom is -0.273 e. The van der Waals surface area contributed by atoms with Crippen LogP contribution >= 0.6 is 23.2 Å². The van der Waals surface area contributed by atoms with Crippen LogP contribution in [0.5, 0.6) is 0 Å². The maximum absolute atomic E-state index is 11.7. The number of hydrazone groups is 1. The van der Waals surface area contributed by atoms with Crippen LogP contribution in [-0.2, 0) is 11.2 Å². The number of hydrogen-bond donors (Lipinski definition) is 1. The highest BCUT2D eigenvalue weighted by Crippen LogP contribution is 2.24. The van der Waals surface area contributed by atoms with E-state index in [1.165, 1.54) is 6.21 Å². The molecule has 5 heteroatoms. The van der Waals surface area contributed by atoms with E-state index in [0.29, 0.717) is 28.5 Å². The molecule has 21 heavy (non-hydrogen) atoms. The predicted octanol–water partition coefficient (Wildman–Crippen LogP) is 4.08. The third-order valence-corrected chi connectivity index (χ3v) is 3.69. The van der Waals surface area contributed by atoms with Gasteiger partial charge in [0.15, 0.2) is 0 Å². The monoisotopic (exact) mass is 320 g/mol. The molecule has 0 unspecified atom stereocenters. The quantitative estimate of drug-likeness (QED) is 0.654. The summed E-state index contributed by atoms with van der Waals surface area (Å²) in [5, 5.41) is 4.76. The Bertz CT molecular complexity index is 642. The topological polar surface area (TPSA) is 41.5 Å². The van der Waals surface area contributed by atoms with Gasteiger partial charge in [-0.3, -0.25) is 4.79 Å². The van der Waals surface area contributed by atoms with Crippen LogP contribution in [0.3, 0.4) is 0 Å². The van der Waals surface area contributed by atoms with Gasteiger partial charge >= 0.3 is 0 Å². The number of carbonyl (C=O) groups excluding carboxylic acids is 1. The first-order valence-corrected chi connectivity index (χ1v) is 7.22. The molecule has 0 heterocycles. The van der Waals surface area contributed by atoms with Gasteiger partial charge in [-0.05, 0) is 18.1 Å². The molecule has 0 aliphatic carbocycles. The zero-order valence-corrected chi connectivity index (χ0v) is 12.7. The van der Waals surface area contributed by atoms with E-state index < -0.39 is 0 Å². The summed E-state index contributed by atoms with van der Waals surface area (Å²) in [7, 11) is 0. The fourth-order valence-electron chi connectivity index (χ4n) is 1.75. The molecule has 2 rings (SSSR count). The van der Waals surface area contributed by atoms with Gasteiger partial charge in [0.1, 0.15) is 0 Å². The number of amides is 1. The highest BCUT2D eigenvalue weighted by molar-refractivity contribution is 6.43. The minimum absolute atomic E-state index is 0.145. The smallest absolute Gasteiger partial charge is 0.240 e. The van der Waals surface area contributed by atoms with Crippen molar-refractivity contribution in [1.29, 1.82) is 0 Å². The molecule has 0 aliphatic heterocycles. The number of nitrogens with zero attached hydrogens (tertiary/aromatic N) is 1. The van der Waals surface area contributed by atoms with Crippen LogP contribution in [0.4, 0.5) is 0 Å². The van der Waals surface area contributed by atoms with Crippen molar-refractivity contribution in [3.05, 3.63) is 69.7 Å². The van der Waals surface area contributed by atoms with Gasteiger partial charge in [0.2, 0.25) is 5.91 Å². The Morgan fingerprint density at radius 3 is 2.62 bits per heavy atom. The number of benzene rings is 2. The molecule has 0 atom stereocenters. The summed E-state index contributed by atoms with van der Waals surface area (Å²) < 4.78 is 0. The highest BCUT2D eigenvalue weighted by atomic mass is 35.5. The van der Waals surface area contributed by atoms with Crippen molar-refractivity contribution in [2.45, 2.75) is 12.8 Å². The van der Waals surface area contributed by atoms with Crippen molar-refractivity contribution in [3.8, 4) is 0 Å². The van der Waals surface area contributed by atoms with Crippen LogP contribution in [0.2, 0.25) is 10.0 Å². The zero-order chi connectivity index (χ0) is 15.1. The van der Waals surface area contributed by atoms with Crippen LogP contribution in [0, 0.1) is 0 Å². The van der Waals surface area contributed by atoms with Crippen LogP contribution in [0.1, 0.15) is 17.5 Å². The Morgan fingerprint density at radius 1 is 1.10 bits per heavy atom. The van der Waals surface area contributed by atoms with E-state index in [4.69, 9.17) is 23.2 Å². The summed E-state index contributed by atoms with van der Waals surface area (Å²) in [6.45, 7) is 0. The summed E-state index contributed by atoms with van der Waals surface area (Å²) >= 11 is 11.9. The molecule has 1 amide bonds. The Kier molecular flexibility index (Phi) is 5.78. The first-order valence-electron chi connectivity index (χ1n) is 6.46. The Morgan fingerprint density at radius 2 is 1.86 bits per heavy atom. The van der Waals surface area contributed by atoms with Crippen LogP contribution in [0.25, 0.3) is 0 Å². The lowest BCUT2D eigenvalue weighted by molar-refractivity contribution is -0.121. The second-order valence-corrected chi connectivity index (χ2v) is 5.21. The number of nitrogens with one attached hydrogen (secondary N) is 1. The largest absolute Gasteiger partial charge is 0.273 e. The lowest BCUT2D eigenvalue weighted by atomic mass is 10.1. The Balaban J connectivity index is 1.83. The third kappa shape index (κ3) is 4.88. The lowest BCUT2D eigenvalue weighted by Gasteiger charge is -2.02. The molecule has 2 aromatic rings. The van der Waals surface area contributed by atoms with E-state index in [1.54, 1.807) is 18.2 Å². The zero-order valence-electron chi connectivity index (χ0n) is 11.2. The SMILES string of the molecule is O=C(CCc1ccccc1)NN=Cc1cccc(Cl)c1Cl. The fourth-order valence-corrected chi connectivity index (χ4v) is 2.11. The van der Waals surface area contributed by atoms with Crippen LogP contribution in [0.15, 0.2) is 53.6 Å². The summed E-state index contributed by atoms with van der Waals surface area (Å²) in [6, 6.07) is 15.1. The molecule has 0 fully saturated rings. The molecule has 2 aromatic carbocycles. The maximum atomic E-state index is 11.7. The average molecular weight is 321 g/mol. The van der Waals surface area contributed by atoms with Gasteiger partial charge in [0.05, 0.1) is 16.3 Å². The van der Waals surface area contributed by atoms with E-state index >= 15 is 0 Å². The molecular formula is C16H14Cl2N2O. The maximum Gasteiger partial charge on any atom is 0.240 e. The van der Waals surface area contributed by atoms with Gasteiger partial charge in [-0.15, -0.1) is 0 Å². The molecule has 0 aliphatic rings. The van der Waals surface area contributed by atoms with Crippen LogP contribution in [-0.4, -0.2) is 12.1 Å². The molecule has 108 valence electrons.